The topological polar surface area (TPSA) is 75.4 Å². The Kier molecular flexibility index (Phi) is 4.95. The van der Waals surface area contributed by atoms with Gasteiger partial charge >= 0.3 is 6.03 Å². The summed E-state index contributed by atoms with van der Waals surface area (Å²) in [5.41, 5.74) is 8.42. The fourth-order valence-corrected chi connectivity index (χ4v) is 1.90. The maximum absolute atomic E-state index is 13.1. The molecule has 2 rings (SSSR count). The normalized spacial score (nSPS) is 10.1. The van der Waals surface area contributed by atoms with E-state index in [2.05, 4.69) is 5.43 Å². The Labute approximate surface area is 131 Å². The monoisotopic (exact) mass is 321 g/mol. The van der Waals surface area contributed by atoms with Gasteiger partial charge in [0.1, 0.15) is 5.82 Å². The van der Waals surface area contributed by atoms with Crippen LogP contribution in [0.25, 0.3) is 0 Å². The number of rotatable bonds is 3. The zero-order valence-corrected chi connectivity index (χ0v) is 12.2. The molecule has 0 aliphatic heterocycles. The van der Waals surface area contributed by atoms with E-state index in [9.17, 15) is 14.0 Å². The van der Waals surface area contributed by atoms with Crippen molar-refractivity contribution in [3.05, 3.63) is 70.5 Å². The molecule has 0 unspecified atom stereocenters. The van der Waals surface area contributed by atoms with Gasteiger partial charge in [-0.1, -0.05) is 23.7 Å². The van der Waals surface area contributed by atoms with Crippen molar-refractivity contribution in [1.82, 2.24) is 10.4 Å². The molecule has 0 bridgehead atoms. The highest BCUT2D eigenvalue weighted by atomic mass is 35.5. The molecule has 2 aromatic carbocycles. The second-order valence-electron chi connectivity index (χ2n) is 4.50. The Balaban J connectivity index is 2.10. The molecule has 0 saturated heterocycles. The number of hydrogen-bond donors (Lipinski definition) is 2. The maximum Gasteiger partial charge on any atom is 0.333 e. The Morgan fingerprint density at radius 1 is 1.18 bits per heavy atom. The SMILES string of the molecule is NC(=O)N(Cc1cccc(F)c1)NC(=O)c1ccc(Cl)cc1. The van der Waals surface area contributed by atoms with Crippen LogP contribution in [0.2, 0.25) is 5.02 Å². The van der Waals surface area contributed by atoms with Crippen LogP contribution in [0.3, 0.4) is 0 Å². The van der Waals surface area contributed by atoms with Gasteiger partial charge in [-0.05, 0) is 42.0 Å². The first-order chi connectivity index (χ1) is 10.5. The van der Waals surface area contributed by atoms with Gasteiger partial charge in [-0.15, -0.1) is 0 Å². The molecule has 114 valence electrons. The predicted molar refractivity (Wildman–Crippen MR) is 80.4 cm³/mol. The summed E-state index contributed by atoms with van der Waals surface area (Å²) in [6.07, 6.45) is 0. The third-order valence-corrected chi connectivity index (χ3v) is 3.09. The highest BCUT2D eigenvalue weighted by molar-refractivity contribution is 6.30. The molecule has 22 heavy (non-hydrogen) atoms. The number of nitrogens with two attached hydrogens (primary N) is 1. The van der Waals surface area contributed by atoms with E-state index < -0.39 is 17.8 Å². The first-order valence-electron chi connectivity index (χ1n) is 6.33. The fourth-order valence-electron chi connectivity index (χ4n) is 1.78. The number of urea groups is 1. The summed E-state index contributed by atoms with van der Waals surface area (Å²) < 4.78 is 13.1. The molecule has 0 aliphatic rings. The minimum absolute atomic E-state index is 0.0492. The van der Waals surface area contributed by atoms with Crippen molar-refractivity contribution in [2.45, 2.75) is 6.54 Å². The summed E-state index contributed by atoms with van der Waals surface area (Å²) in [4.78, 5) is 23.5. The molecule has 0 aromatic heterocycles. The van der Waals surface area contributed by atoms with E-state index in [0.717, 1.165) is 5.01 Å². The smallest absolute Gasteiger partial charge is 0.333 e. The van der Waals surface area contributed by atoms with Crippen LogP contribution in [0.4, 0.5) is 9.18 Å². The lowest BCUT2D eigenvalue weighted by atomic mass is 10.2. The number of nitrogens with one attached hydrogen (secondary N) is 1. The van der Waals surface area contributed by atoms with Crippen molar-refractivity contribution in [1.29, 1.82) is 0 Å². The quantitative estimate of drug-likeness (QED) is 0.853. The van der Waals surface area contributed by atoms with Crippen LogP contribution in [-0.4, -0.2) is 16.9 Å². The number of benzene rings is 2. The van der Waals surface area contributed by atoms with Crippen molar-refractivity contribution in [2.24, 2.45) is 5.73 Å². The van der Waals surface area contributed by atoms with Crippen molar-refractivity contribution in [2.75, 3.05) is 0 Å². The van der Waals surface area contributed by atoms with Crippen molar-refractivity contribution < 1.29 is 14.0 Å². The van der Waals surface area contributed by atoms with Gasteiger partial charge in [0.05, 0.1) is 6.54 Å². The van der Waals surface area contributed by atoms with Gasteiger partial charge in [-0.2, -0.15) is 0 Å². The van der Waals surface area contributed by atoms with Crippen LogP contribution >= 0.6 is 11.6 Å². The standard InChI is InChI=1S/C15H13ClFN3O2/c16-12-6-4-11(5-7-12)14(21)19-20(15(18)22)9-10-2-1-3-13(17)8-10/h1-8H,9H2,(H2,18,22)(H,19,21). The Bertz CT molecular complexity index is 691. The van der Waals surface area contributed by atoms with E-state index in [0.29, 0.717) is 16.1 Å². The van der Waals surface area contributed by atoms with E-state index in [1.807, 2.05) is 0 Å². The minimum atomic E-state index is -0.855. The first-order valence-corrected chi connectivity index (χ1v) is 6.71. The van der Waals surface area contributed by atoms with Crippen LogP contribution in [0, 0.1) is 5.82 Å². The largest absolute Gasteiger partial charge is 0.350 e. The van der Waals surface area contributed by atoms with Gasteiger partial charge in [0.25, 0.3) is 5.91 Å². The van der Waals surface area contributed by atoms with Gasteiger partial charge in [0.2, 0.25) is 0 Å². The van der Waals surface area contributed by atoms with E-state index in [1.54, 1.807) is 18.2 Å². The second-order valence-corrected chi connectivity index (χ2v) is 4.94. The van der Waals surface area contributed by atoms with Crippen molar-refractivity contribution in [3.63, 3.8) is 0 Å². The number of primary amides is 1. The average Bonchev–Trinajstić information content (AvgIpc) is 2.47. The molecule has 0 atom stereocenters. The van der Waals surface area contributed by atoms with Gasteiger partial charge in [-0.3, -0.25) is 10.2 Å². The van der Waals surface area contributed by atoms with Crippen molar-refractivity contribution >= 4 is 23.5 Å². The number of amides is 3. The van der Waals surface area contributed by atoms with Crippen LogP contribution in [-0.2, 0) is 6.54 Å². The zero-order valence-electron chi connectivity index (χ0n) is 11.4. The molecule has 5 nitrogen and oxygen atoms in total. The lowest BCUT2D eigenvalue weighted by Crippen LogP contribution is -2.48. The van der Waals surface area contributed by atoms with Crippen LogP contribution < -0.4 is 11.2 Å². The van der Waals surface area contributed by atoms with Crippen LogP contribution in [0.1, 0.15) is 15.9 Å². The zero-order chi connectivity index (χ0) is 16.1. The highest BCUT2D eigenvalue weighted by Gasteiger charge is 2.15. The third-order valence-electron chi connectivity index (χ3n) is 2.84. The molecule has 3 amide bonds. The molecule has 0 fully saturated rings. The number of hydrogen-bond acceptors (Lipinski definition) is 2. The maximum atomic E-state index is 13.1. The van der Waals surface area contributed by atoms with Crippen LogP contribution in [0.5, 0.6) is 0 Å². The molecule has 0 aliphatic carbocycles. The fraction of sp³-hybridized carbons (Fsp3) is 0.0667. The Morgan fingerprint density at radius 3 is 2.45 bits per heavy atom. The van der Waals surface area contributed by atoms with E-state index in [1.165, 1.54) is 30.3 Å². The molecule has 0 spiro atoms. The van der Waals surface area contributed by atoms with Gasteiger partial charge in [0.15, 0.2) is 0 Å². The van der Waals surface area contributed by atoms with E-state index in [4.69, 9.17) is 17.3 Å². The molecular weight excluding hydrogens is 309 g/mol. The number of carbonyl (C=O) groups is 2. The third kappa shape index (κ3) is 4.20. The predicted octanol–water partition coefficient (Wildman–Crippen LogP) is 2.70. The summed E-state index contributed by atoms with van der Waals surface area (Å²) >= 11 is 5.74. The van der Waals surface area contributed by atoms with Gasteiger partial charge < -0.3 is 5.73 Å². The molecule has 0 heterocycles. The summed E-state index contributed by atoms with van der Waals surface area (Å²) in [5, 5.41) is 1.40. The summed E-state index contributed by atoms with van der Waals surface area (Å²) in [7, 11) is 0. The number of hydrazine groups is 1. The van der Waals surface area contributed by atoms with E-state index in [-0.39, 0.29) is 6.54 Å². The van der Waals surface area contributed by atoms with Crippen molar-refractivity contribution in [3.8, 4) is 0 Å². The molecular formula is C15H13ClFN3O2. The number of halogens is 2. The lowest BCUT2D eigenvalue weighted by molar-refractivity contribution is 0.0825. The molecule has 3 N–H and O–H groups in total. The summed E-state index contributed by atoms with van der Waals surface area (Å²) in [6, 6.07) is 10.9. The molecule has 0 saturated carbocycles. The summed E-state index contributed by atoms with van der Waals surface area (Å²) in [6.45, 7) is -0.0492. The second kappa shape index (κ2) is 6.91. The first kappa shape index (κ1) is 15.8. The van der Waals surface area contributed by atoms with Crippen LogP contribution in [0.15, 0.2) is 48.5 Å². The minimum Gasteiger partial charge on any atom is -0.350 e. The molecule has 2 aromatic rings. The Morgan fingerprint density at radius 2 is 1.86 bits per heavy atom. The van der Waals surface area contributed by atoms with Gasteiger partial charge in [-0.25, -0.2) is 14.2 Å². The Hall–Kier alpha value is -2.60. The lowest BCUT2D eigenvalue weighted by Gasteiger charge is -2.21. The van der Waals surface area contributed by atoms with Gasteiger partial charge in [0, 0.05) is 10.6 Å². The highest BCUT2D eigenvalue weighted by Crippen LogP contribution is 2.10. The summed E-state index contributed by atoms with van der Waals surface area (Å²) in [5.74, 6) is -0.960. The molecule has 7 heteroatoms. The van der Waals surface area contributed by atoms with E-state index >= 15 is 0 Å². The average molecular weight is 322 g/mol. The number of carbonyl (C=O) groups excluding carboxylic acids is 2. The molecule has 0 radical (unpaired) electrons. The number of nitrogens with zero attached hydrogens (tertiary/aromatic N) is 1.